The molecule has 0 bridgehead atoms. The molecule has 1 atom stereocenters. The third-order valence-electron chi connectivity index (χ3n) is 5.97. The molecule has 0 saturated carbocycles. The van der Waals surface area contributed by atoms with Crippen LogP contribution in [0, 0.1) is 0 Å². The van der Waals surface area contributed by atoms with Crippen molar-refractivity contribution < 1.29 is 14.3 Å². The molecule has 1 aliphatic rings. The number of likely N-dealkylation sites (tertiary alicyclic amines) is 1. The number of piperidine rings is 1. The zero-order chi connectivity index (χ0) is 23.0. The van der Waals surface area contributed by atoms with Crippen LogP contribution in [-0.2, 0) is 9.47 Å². The minimum absolute atomic E-state index is 0.301. The molecule has 0 amide bonds. The Hall–Kier alpha value is -1.99. The molecule has 7 heteroatoms. The smallest absolute Gasteiger partial charge is 0.339 e. The third-order valence-corrected chi connectivity index (χ3v) is 7.51. The topological polar surface area (TPSA) is 51.7 Å². The maximum Gasteiger partial charge on any atom is 0.339 e. The molecule has 0 N–H and O–H groups in total. The second-order valence-corrected chi connectivity index (χ2v) is 9.88. The lowest BCUT2D eigenvalue weighted by molar-refractivity contribution is 0.0502. The number of carbonyl (C=O) groups excluding carboxylic acids is 1. The highest BCUT2D eigenvalue weighted by molar-refractivity contribution is 7.19. The summed E-state index contributed by atoms with van der Waals surface area (Å²) in [6, 6.07) is 11.5. The number of hydrogen-bond acceptors (Lipinski definition) is 6. The predicted octanol–water partition coefficient (Wildman–Crippen LogP) is 6.50. The number of nitrogens with zero attached hydrogens (tertiary/aromatic N) is 2. The Kier molecular flexibility index (Phi) is 8.73. The van der Waals surface area contributed by atoms with E-state index in [1.165, 1.54) is 30.6 Å². The molecule has 33 heavy (non-hydrogen) atoms. The van der Waals surface area contributed by atoms with Crippen LogP contribution in [0.25, 0.3) is 10.2 Å². The van der Waals surface area contributed by atoms with Gasteiger partial charge in [0.2, 0.25) is 0 Å². The SMILES string of the molecule is CCCCOC(=O)c1ccnc2cc(C(OCCN3CCCCC3)c3ccccc3Cl)sc12. The molecule has 0 aliphatic carbocycles. The molecule has 1 fully saturated rings. The van der Waals surface area contributed by atoms with Gasteiger partial charge in [-0.05, 0) is 50.6 Å². The minimum atomic E-state index is -0.313. The van der Waals surface area contributed by atoms with Crippen molar-refractivity contribution in [3.8, 4) is 0 Å². The molecule has 176 valence electrons. The number of thiophene rings is 1. The lowest BCUT2D eigenvalue weighted by atomic mass is 10.1. The molecule has 1 unspecified atom stereocenters. The molecule has 1 aromatic carbocycles. The maximum absolute atomic E-state index is 12.7. The first-order valence-electron chi connectivity index (χ1n) is 11.8. The highest BCUT2D eigenvalue weighted by Gasteiger charge is 2.23. The number of carbonyl (C=O) groups is 1. The Labute approximate surface area is 204 Å². The van der Waals surface area contributed by atoms with E-state index in [1.54, 1.807) is 12.3 Å². The van der Waals surface area contributed by atoms with Gasteiger partial charge in [-0.15, -0.1) is 11.3 Å². The van der Waals surface area contributed by atoms with E-state index in [0.717, 1.165) is 53.1 Å². The van der Waals surface area contributed by atoms with E-state index in [0.29, 0.717) is 23.8 Å². The van der Waals surface area contributed by atoms with Crippen LogP contribution in [0.4, 0.5) is 0 Å². The molecule has 1 aliphatic heterocycles. The summed E-state index contributed by atoms with van der Waals surface area (Å²) in [6.07, 6.45) is 7.02. The lowest BCUT2D eigenvalue weighted by Gasteiger charge is -2.27. The Balaban J connectivity index is 1.59. The van der Waals surface area contributed by atoms with Crippen molar-refractivity contribution in [2.75, 3.05) is 32.8 Å². The Morgan fingerprint density at radius 3 is 2.79 bits per heavy atom. The van der Waals surface area contributed by atoms with E-state index in [1.807, 2.05) is 30.3 Å². The second kappa shape index (κ2) is 11.9. The van der Waals surface area contributed by atoms with Crippen molar-refractivity contribution >= 4 is 39.1 Å². The van der Waals surface area contributed by atoms with Gasteiger partial charge in [0.25, 0.3) is 0 Å². The normalized spacial score (nSPS) is 15.6. The fraction of sp³-hybridized carbons (Fsp3) is 0.462. The van der Waals surface area contributed by atoms with Gasteiger partial charge in [0, 0.05) is 28.2 Å². The summed E-state index contributed by atoms with van der Waals surface area (Å²) in [5, 5.41) is 0.671. The van der Waals surface area contributed by atoms with E-state index in [9.17, 15) is 4.79 Å². The van der Waals surface area contributed by atoms with Gasteiger partial charge in [-0.2, -0.15) is 0 Å². The molecule has 0 spiro atoms. The van der Waals surface area contributed by atoms with Gasteiger partial charge in [-0.25, -0.2) is 4.79 Å². The number of hydrogen-bond donors (Lipinski definition) is 0. The molecule has 2 aromatic heterocycles. The van der Waals surface area contributed by atoms with Crippen molar-refractivity contribution in [2.45, 2.75) is 45.1 Å². The van der Waals surface area contributed by atoms with Gasteiger partial charge >= 0.3 is 5.97 Å². The van der Waals surface area contributed by atoms with Crippen LogP contribution in [0.3, 0.4) is 0 Å². The summed E-state index contributed by atoms with van der Waals surface area (Å²) in [4.78, 5) is 20.6. The van der Waals surface area contributed by atoms with Crippen LogP contribution in [0.2, 0.25) is 5.02 Å². The first kappa shape index (κ1) is 24.1. The first-order chi connectivity index (χ1) is 16.2. The number of ether oxygens (including phenoxy) is 2. The number of unbranched alkanes of at least 4 members (excludes halogenated alkanes) is 1. The number of benzene rings is 1. The fourth-order valence-electron chi connectivity index (χ4n) is 4.13. The third kappa shape index (κ3) is 6.12. The Morgan fingerprint density at radius 1 is 1.18 bits per heavy atom. The first-order valence-corrected chi connectivity index (χ1v) is 13.0. The van der Waals surface area contributed by atoms with E-state index in [2.05, 4.69) is 16.8 Å². The van der Waals surface area contributed by atoms with Gasteiger partial charge in [0.05, 0.1) is 29.0 Å². The van der Waals surface area contributed by atoms with Crippen molar-refractivity contribution in [3.63, 3.8) is 0 Å². The average Bonchev–Trinajstić information content (AvgIpc) is 3.27. The fourth-order valence-corrected chi connectivity index (χ4v) is 5.55. The number of aromatic nitrogens is 1. The second-order valence-electron chi connectivity index (χ2n) is 8.39. The molecule has 4 rings (SSSR count). The largest absolute Gasteiger partial charge is 0.462 e. The van der Waals surface area contributed by atoms with Gasteiger partial charge in [0.1, 0.15) is 6.10 Å². The van der Waals surface area contributed by atoms with Crippen LogP contribution < -0.4 is 0 Å². The quantitative estimate of drug-likeness (QED) is 0.242. The zero-order valence-electron chi connectivity index (χ0n) is 19.1. The van der Waals surface area contributed by atoms with E-state index < -0.39 is 0 Å². The summed E-state index contributed by atoms with van der Waals surface area (Å²) in [5.41, 5.74) is 2.26. The Morgan fingerprint density at radius 2 is 2.00 bits per heavy atom. The molecular weight excluding hydrogens is 456 g/mol. The van der Waals surface area contributed by atoms with Gasteiger partial charge < -0.3 is 14.4 Å². The van der Waals surface area contributed by atoms with Crippen molar-refractivity contribution in [3.05, 3.63) is 63.6 Å². The summed E-state index contributed by atoms with van der Waals surface area (Å²) in [6.45, 7) is 6.29. The van der Waals surface area contributed by atoms with Gasteiger partial charge in [-0.3, -0.25) is 4.98 Å². The van der Waals surface area contributed by atoms with Crippen LogP contribution in [0.15, 0.2) is 42.6 Å². The molecule has 3 aromatic rings. The Bertz CT molecular complexity index is 1060. The number of pyridine rings is 1. The van der Waals surface area contributed by atoms with E-state index >= 15 is 0 Å². The predicted molar refractivity (Wildman–Crippen MR) is 134 cm³/mol. The number of esters is 1. The summed E-state index contributed by atoms with van der Waals surface area (Å²) in [5.74, 6) is -0.301. The maximum atomic E-state index is 12.7. The summed E-state index contributed by atoms with van der Waals surface area (Å²) >= 11 is 8.10. The van der Waals surface area contributed by atoms with Crippen molar-refractivity contribution in [1.29, 1.82) is 0 Å². The average molecular weight is 487 g/mol. The number of fused-ring (bicyclic) bond motifs is 1. The van der Waals surface area contributed by atoms with Crippen LogP contribution in [-0.4, -0.2) is 48.7 Å². The van der Waals surface area contributed by atoms with Crippen LogP contribution >= 0.6 is 22.9 Å². The molecule has 3 heterocycles. The summed E-state index contributed by atoms with van der Waals surface area (Å²) in [7, 11) is 0. The standard InChI is InChI=1S/C26H31ClN2O3S/c1-2-3-16-32-26(30)20-11-12-28-22-18-23(33-25(20)22)24(19-9-5-6-10-21(19)27)31-17-15-29-13-7-4-8-14-29/h5-6,9-12,18,24H,2-4,7-8,13-17H2,1H3. The summed E-state index contributed by atoms with van der Waals surface area (Å²) < 4.78 is 12.7. The van der Waals surface area contributed by atoms with Gasteiger partial charge in [0.15, 0.2) is 0 Å². The lowest BCUT2D eigenvalue weighted by Crippen LogP contribution is -2.33. The molecule has 0 radical (unpaired) electrons. The van der Waals surface area contributed by atoms with Crippen molar-refractivity contribution in [2.24, 2.45) is 0 Å². The zero-order valence-corrected chi connectivity index (χ0v) is 20.7. The highest BCUT2D eigenvalue weighted by atomic mass is 35.5. The van der Waals surface area contributed by atoms with Crippen LogP contribution in [0.5, 0.6) is 0 Å². The minimum Gasteiger partial charge on any atom is -0.462 e. The van der Waals surface area contributed by atoms with Crippen molar-refractivity contribution in [1.82, 2.24) is 9.88 Å². The number of halogens is 1. The van der Waals surface area contributed by atoms with E-state index in [4.69, 9.17) is 21.1 Å². The van der Waals surface area contributed by atoms with Gasteiger partial charge in [-0.1, -0.05) is 49.6 Å². The monoisotopic (exact) mass is 486 g/mol. The molecule has 5 nitrogen and oxygen atoms in total. The molecular formula is C26H31ClN2O3S. The molecule has 1 saturated heterocycles. The number of rotatable bonds is 10. The van der Waals surface area contributed by atoms with E-state index in [-0.39, 0.29) is 12.1 Å². The van der Waals surface area contributed by atoms with Crippen LogP contribution in [0.1, 0.15) is 65.9 Å². The highest BCUT2D eigenvalue weighted by Crippen LogP contribution is 2.38.